The number of carbonyl (C=O) groups is 2. The standard InChI is InChI=1S/C13H10O7/c1-19-11(17)3-2-7(14)12-6-4-8(15)9(16)5-10(6)20-13(12)18/h2-5,15-16,18H,1H3/b3-2-. The zero-order valence-electron chi connectivity index (χ0n) is 10.3. The maximum atomic E-state index is 11.9. The molecule has 7 heteroatoms. The lowest BCUT2D eigenvalue weighted by atomic mass is 10.1. The molecular weight excluding hydrogens is 268 g/mol. The molecule has 1 aromatic heterocycles. The summed E-state index contributed by atoms with van der Waals surface area (Å²) in [6.07, 6.45) is 1.79. The number of rotatable bonds is 3. The minimum atomic E-state index is -0.730. The van der Waals surface area contributed by atoms with E-state index in [1.807, 2.05) is 0 Å². The van der Waals surface area contributed by atoms with Crippen LogP contribution in [0.5, 0.6) is 17.4 Å². The quantitative estimate of drug-likeness (QED) is 0.336. The molecular formula is C13H10O7. The number of benzene rings is 1. The van der Waals surface area contributed by atoms with Gasteiger partial charge in [0.05, 0.1) is 7.11 Å². The summed E-state index contributed by atoms with van der Waals surface area (Å²) >= 11 is 0. The number of hydrogen-bond acceptors (Lipinski definition) is 7. The molecule has 1 heterocycles. The fourth-order valence-corrected chi connectivity index (χ4v) is 1.64. The lowest BCUT2D eigenvalue weighted by molar-refractivity contribution is -0.134. The first-order valence-corrected chi connectivity index (χ1v) is 5.42. The van der Waals surface area contributed by atoms with Crippen LogP contribution in [0, 0.1) is 0 Å². The summed E-state index contributed by atoms with van der Waals surface area (Å²) in [5.74, 6) is -3.04. The molecule has 3 N–H and O–H groups in total. The first-order valence-electron chi connectivity index (χ1n) is 5.42. The molecule has 0 aliphatic carbocycles. The molecule has 2 rings (SSSR count). The molecule has 0 bridgehead atoms. The molecule has 0 atom stereocenters. The van der Waals surface area contributed by atoms with Crippen LogP contribution >= 0.6 is 0 Å². The summed E-state index contributed by atoms with van der Waals surface area (Å²) in [6, 6.07) is 2.14. The van der Waals surface area contributed by atoms with Gasteiger partial charge in [-0.15, -0.1) is 0 Å². The van der Waals surface area contributed by atoms with E-state index >= 15 is 0 Å². The molecule has 0 saturated carbocycles. The Morgan fingerprint density at radius 3 is 2.45 bits per heavy atom. The minimum absolute atomic E-state index is 0.0209. The number of esters is 1. The fraction of sp³-hybridized carbons (Fsp3) is 0.0769. The summed E-state index contributed by atoms with van der Waals surface area (Å²) in [4.78, 5) is 22.8. The lowest BCUT2D eigenvalue weighted by Crippen LogP contribution is -1.98. The summed E-state index contributed by atoms with van der Waals surface area (Å²) in [7, 11) is 1.16. The van der Waals surface area contributed by atoms with E-state index < -0.39 is 29.2 Å². The van der Waals surface area contributed by atoms with Gasteiger partial charge in [-0.2, -0.15) is 0 Å². The lowest BCUT2D eigenvalue weighted by Gasteiger charge is -1.97. The van der Waals surface area contributed by atoms with Gasteiger partial charge in [-0.3, -0.25) is 4.79 Å². The molecule has 0 fully saturated rings. The maximum Gasteiger partial charge on any atom is 0.330 e. The van der Waals surface area contributed by atoms with Crippen LogP contribution in [0.1, 0.15) is 10.4 Å². The molecule has 1 aromatic carbocycles. The topological polar surface area (TPSA) is 117 Å². The molecule has 2 aromatic rings. The normalized spacial score (nSPS) is 11.1. The smallest absolute Gasteiger partial charge is 0.330 e. The Hall–Kier alpha value is -2.96. The van der Waals surface area contributed by atoms with Crippen molar-refractivity contribution in [2.24, 2.45) is 0 Å². The minimum Gasteiger partial charge on any atom is -0.504 e. The van der Waals surface area contributed by atoms with Gasteiger partial charge in [-0.05, 0) is 12.1 Å². The molecule has 0 saturated heterocycles. The number of phenols is 2. The van der Waals surface area contributed by atoms with Crippen LogP contribution in [0.15, 0.2) is 28.7 Å². The Balaban J connectivity index is 2.51. The molecule has 7 nitrogen and oxygen atoms in total. The van der Waals surface area contributed by atoms with E-state index in [9.17, 15) is 24.9 Å². The number of ketones is 1. The molecule has 20 heavy (non-hydrogen) atoms. The third-order valence-corrected chi connectivity index (χ3v) is 2.58. The number of allylic oxidation sites excluding steroid dienone is 1. The molecule has 0 amide bonds. The van der Waals surface area contributed by atoms with Crippen molar-refractivity contribution in [1.29, 1.82) is 0 Å². The number of aromatic hydroxyl groups is 3. The van der Waals surface area contributed by atoms with Gasteiger partial charge in [0.25, 0.3) is 5.95 Å². The average molecular weight is 278 g/mol. The molecule has 0 aliphatic heterocycles. The first kappa shape index (κ1) is 13.5. The largest absolute Gasteiger partial charge is 0.504 e. The van der Waals surface area contributed by atoms with Gasteiger partial charge in [-0.25, -0.2) is 4.79 Å². The SMILES string of the molecule is COC(=O)/C=C\C(=O)c1c(O)oc2cc(O)c(O)cc12. The number of furan rings is 1. The third-order valence-electron chi connectivity index (χ3n) is 2.58. The van der Waals surface area contributed by atoms with Crippen LogP contribution in [-0.4, -0.2) is 34.2 Å². The second-order valence-electron chi connectivity index (χ2n) is 3.84. The zero-order valence-corrected chi connectivity index (χ0v) is 10.3. The van der Waals surface area contributed by atoms with Gasteiger partial charge < -0.3 is 24.5 Å². The summed E-state index contributed by atoms with van der Waals surface area (Å²) in [5, 5.41) is 28.4. The summed E-state index contributed by atoms with van der Waals surface area (Å²) in [6.45, 7) is 0. The second-order valence-corrected chi connectivity index (χ2v) is 3.84. The van der Waals surface area contributed by atoms with Crippen molar-refractivity contribution in [3.05, 3.63) is 29.8 Å². The van der Waals surface area contributed by atoms with Crippen molar-refractivity contribution in [1.82, 2.24) is 0 Å². The van der Waals surface area contributed by atoms with Crippen LogP contribution in [0.2, 0.25) is 0 Å². The van der Waals surface area contributed by atoms with Crippen molar-refractivity contribution < 1.29 is 34.1 Å². The Morgan fingerprint density at radius 1 is 1.15 bits per heavy atom. The van der Waals surface area contributed by atoms with E-state index in [1.54, 1.807) is 0 Å². The number of fused-ring (bicyclic) bond motifs is 1. The van der Waals surface area contributed by atoms with E-state index in [0.29, 0.717) is 0 Å². The Morgan fingerprint density at radius 2 is 1.80 bits per heavy atom. The molecule has 104 valence electrons. The van der Waals surface area contributed by atoms with Crippen LogP contribution < -0.4 is 0 Å². The highest BCUT2D eigenvalue weighted by atomic mass is 16.5. The first-order chi connectivity index (χ1) is 9.43. The number of phenolic OH excluding ortho intramolecular Hbond substituents is 2. The maximum absolute atomic E-state index is 11.9. The van der Waals surface area contributed by atoms with E-state index in [4.69, 9.17) is 4.42 Å². The van der Waals surface area contributed by atoms with Crippen molar-refractivity contribution in [3.63, 3.8) is 0 Å². The van der Waals surface area contributed by atoms with Gasteiger partial charge in [0, 0.05) is 17.5 Å². The monoisotopic (exact) mass is 278 g/mol. The Kier molecular flexibility index (Phi) is 3.34. The number of methoxy groups -OCH3 is 1. The van der Waals surface area contributed by atoms with Crippen LogP contribution in [0.3, 0.4) is 0 Å². The van der Waals surface area contributed by atoms with Gasteiger partial charge in [0.15, 0.2) is 17.3 Å². The van der Waals surface area contributed by atoms with Gasteiger partial charge >= 0.3 is 5.97 Å². The Bertz CT molecular complexity index is 724. The number of carbonyl (C=O) groups excluding carboxylic acids is 2. The van der Waals surface area contributed by atoms with Crippen LogP contribution in [0.4, 0.5) is 0 Å². The van der Waals surface area contributed by atoms with Crippen molar-refractivity contribution in [3.8, 4) is 17.4 Å². The molecule has 0 radical (unpaired) electrons. The van der Waals surface area contributed by atoms with E-state index in [1.165, 1.54) is 0 Å². The summed E-state index contributed by atoms with van der Waals surface area (Å²) < 4.78 is 9.24. The zero-order chi connectivity index (χ0) is 14.9. The third kappa shape index (κ3) is 2.28. The van der Waals surface area contributed by atoms with Gasteiger partial charge in [-0.1, -0.05) is 0 Å². The predicted molar refractivity (Wildman–Crippen MR) is 66.7 cm³/mol. The van der Waals surface area contributed by atoms with Crippen molar-refractivity contribution in [2.45, 2.75) is 0 Å². The fourth-order valence-electron chi connectivity index (χ4n) is 1.64. The highest BCUT2D eigenvalue weighted by Crippen LogP contribution is 2.37. The highest BCUT2D eigenvalue weighted by Gasteiger charge is 2.20. The predicted octanol–water partition coefficient (Wildman–Crippen LogP) is 1.46. The Labute approximate surface area is 112 Å². The molecule has 0 spiro atoms. The van der Waals surface area contributed by atoms with Crippen molar-refractivity contribution >= 4 is 22.7 Å². The average Bonchev–Trinajstić information content (AvgIpc) is 2.71. The number of hydrogen-bond donors (Lipinski definition) is 3. The van der Waals surface area contributed by atoms with Gasteiger partial charge in [0.1, 0.15) is 11.1 Å². The molecule has 0 unspecified atom stereocenters. The van der Waals surface area contributed by atoms with E-state index in [2.05, 4.69) is 4.74 Å². The van der Waals surface area contributed by atoms with Crippen LogP contribution in [-0.2, 0) is 9.53 Å². The van der Waals surface area contributed by atoms with E-state index in [-0.39, 0.29) is 16.5 Å². The molecule has 0 aliphatic rings. The second kappa shape index (κ2) is 4.96. The van der Waals surface area contributed by atoms with Crippen molar-refractivity contribution in [2.75, 3.05) is 7.11 Å². The van der Waals surface area contributed by atoms with Gasteiger partial charge in [0.2, 0.25) is 0 Å². The highest BCUT2D eigenvalue weighted by molar-refractivity contribution is 6.16. The number of ether oxygens (including phenoxy) is 1. The summed E-state index contributed by atoms with van der Waals surface area (Å²) in [5.41, 5.74) is -0.205. The van der Waals surface area contributed by atoms with Crippen LogP contribution in [0.25, 0.3) is 11.0 Å². The van der Waals surface area contributed by atoms with E-state index in [0.717, 1.165) is 31.4 Å².